The van der Waals surface area contributed by atoms with E-state index in [0.29, 0.717) is 10.7 Å². The lowest BCUT2D eigenvalue weighted by Crippen LogP contribution is -2.11. The van der Waals surface area contributed by atoms with E-state index in [0.717, 1.165) is 13.2 Å². The van der Waals surface area contributed by atoms with Crippen LogP contribution in [0.4, 0.5) is 0 Å². The fraction of sp³-hybridized carbons (Fsp3) is 0.600. The molecule has 0 spiro atoms. The molecular weight excluding hydrogens is 276 g/mol. The summed E-state index contributed by atoms with van der Waals surface area (Å²) < 4.78 is 5.51. The second-order valence-corrected chi connectivity index (χ2v) is 6.19. The van der Waals surface area contributed by atoms with Crippen molar-refractivity contribution in [3.05, 3.63) is 33.9 Å². The first-order valence-electron chi connectivity index (χ1n) is 6.31. The minimum atomic E-state index is 0.434. The lowest BCUT2D eigenvalue weighted by molar-refractivity contribution is 0.185. The van der Waals surface area contributed by atoms with Gasteiger partial charge in [-0.25, -0.2) is 0 Å². The van der Waals surface area contributed by atoms with E-state index in [2.05, 4.69) is 49.7 Å². The van der Waals surface area contributed by atoms with Gasteiger partial charge in [0.15, 0.2) is 0 Å². The lowest BCUT2D eigenvalue weighted by atomic mass is 9.87. The lowest BCUT2D eigenvalue weighted by Gasteiger charge is -2.23. The van der Waals surface area contributed by atoms with Gasteiger partial charge in [0.25, 0.3) is 0 Å². The van der Waals surface area contributed by atoms with Gasteiger partial charge >= 0.3 is 0 Å². The van der Waals surface area contributed by atoms with Crippen molar-refractivity contribution in [1.82, 2.24) is 0 Å². The van der Waals surface area contributed by atoms with Crippen LogP contribution in [0.5, 0.6) is 0 Å². The van der Waals surface area contributed by atoms with E-state index in [1.165, 1.54) is 34.2 Å². The number of hydrogen-bond donors (Lipinski definition) is 0. The molecule has 1 saturated heterocycles. The normalized spacial score (nSPS) is 21.8. The maximum atomic E-state index is 5.51. The summed E-state index contributed by atoms with van der Waals surface area (Å²) >= 11 is 3.90. The average Bonchev–Trinajstić information content (AvgIpc) is 2.80. The van der Waals surface area contributed by atoms with Crippen LogP contribution in [0.1, 0.15) is 39.1 Å². The molecule has 2 rings (SSSR count). The van der Waals surface area contributed by atoms with Crippen LogP contribution in [0.25, 0.3) is 0 Å². The molecule has 0 bridgehead atoms. The summed E-state index contributed by atoms with van der Waals surface area (Å²) in [7, 11) is 0. The minimum absolute atomic E-state index is 0.434. The van der Waals surface area contributed by atoms with Gasteiger partial charge < -0.3 is 4.74 Å². The largest absolute Gasteiger partial charge is 0.381 e. The maximum absolute atomic E-state index is 5.51. The molecule has 94 valence electrons. The molecule has 1 aromatic carbocycles. The van der Waals surface area contributed by atoms with Gasteiger partial charge in [-0.15, -0.1) is 0 Å². The van der Waals surface area contributed by atoms with Crippen LogP contribution in [-0.4, -0.2) is 13.2 Å². The van der Waals surface area contributed by atoms with Crippen LogP contribution < -0.4 is 0 Å². The van der Waals surface area contributed by atoms with E-state index in [1.54, 1.807) is 0 Å². The van der Waals surface area contributed by atoms with Crippen LogP contribution >= 0.6 is 15.9 Å². The molecule has 2 unspecified atom stereocenters. The van der Waals surface area contributed by atoms with E-state index in [9.17, 15) is 0 Å². The van der Waals surface area contributed by atoms with Gasteiger partial charge in [0.1, 0.15) is 0 Å². The summed E-state index contributed by atoms with van der Waals surface area (Å²) in [4.78, 5) is 0.434. The van der Waals surface area contributed by atoms with Crippen LogP contribution in [0, 0.1) is 33.6 Å². The zero-order valence-electron chi connectivity index (χ0n) is 11.1. The number of rotatable bonds is 2. The van der Waals surface area contributed by atoms with Gasteiger partial charge in [0.2, 0.25) is 0 Å². The highest BCUT2D eigenvalue weighted by Gasteiger charge is 2.27. The van der Waals surface area contributed by atoms with E-state index >= 15 is 0 Å². The summed E-state index contributed by atoms with van der Waals surface area (Å²) in [5.41, 5.74) is 7.14. The van der Waals surface area contributed by atoms with Crippen molar-refractivity contribution in [2.24, 2.45) is 5.92 Å². The van der Waals surface area contributed by atoms with Gasteiger partial charge in [-0.1, -0.05) is 22.0 Å². The van der Waals surface area contributed by atoms with Crippen molar-refractivity contribution < 1.29 is 4.74 Å². The zero-order chi connectivity index (χ0) is 12.6. The molecule has 1 heterocycles. The Hall–Kier alpha value is -0.340. The second kappa shape index (κ2) is 5.11. The van der Waals surface area contributed by atoms with Crippen molar-refractivity contribution in [2.75, 3.05) is 13.2 Å². The Morgan fingerprint density at radius 1 is 1.18 bits per heavy atom. The number of aryl methyl sites for hydroxylation is 2. The monoisotopic (exact) mass is 296 g/mol. The van der Waals surface area contributed by atoms with Crippen LogP contribution in [-0.2, 0) is 4.74 Å². The predicted octanol–water partition coefficient (Wildman–Crippen LogP) is 4.39. The van der Waals surface area contributed by atoms with Gasteiger partial charge in [-0.3, -0.25) is 0 Å². The molecule has 1 fully saturated rings. The molecule has 0 saturated carbocycles. The van der Waals surface area contributed by atoms with Crippen molar-refractivity contribution in [1.29, 1.82) is 0 Å². The van der Waals surface area contributed by atoms with Crippen LogP contribution in [0.2, 0.25) is 0 Å². The second-order valence-electron chi connectivity index (χ2n) is 5.20. The first-order chi connectivity index (χ1) is 8.02. The average molecular weight is 297 g/mol. The molecular formula is C15H21BrO. The van der Waals surface area contributed by atoms with E-state index in [1.807, 2.05) is 0 Å². The van der Waals surface area contributed by atoms with Crippen molar-refractivity contribution in [3.63, 3.8) is 0 Å². The fourth-order valence-corrected chi connectivity index (χ4v) is 3.78. The Morgan fingerprint density at radius 2 is 1.76 bits per heavy atom. The molecule has 17 heavy (non-hydrogen) atoms. The molecule has 1 nitrogen and oxygen atoms in total. The third-order valence-corrected chi connectivity index (χ3v) is 5.28. The highest BCUT2D eigenvalue weighted by Crippen LogP contribution is 2.40. The Labute approximate surface area is 113 Å². The Kier molecular flexibility index (Phi) is 3.94. The third-order valence-electron chi connectivity index (χ3n) is 4.08. The van der Waals surface area contributed by atoms with Crippen molar-refractivity contribution in [3.8, 4) is 0 Å². The Balaban J connectivity index is 2.42. The Morgan fingerprint density at radius 3 is 2.24 bits per heavy atom. The smallest absolute Gasteiger partial charge is 0.0509 e. The van der Waals surface area contributed by atoms with E-state index in [-0.39, 0.29) is 0 Å². The summed E-state index contributed by atoms with van der Waals surface area (Å²) in [5.74, 6) is 0.619. The third kappa shape index (κ3) is 2.43. The Bertz CT molecular complexity index is 393. The number of ether oxygens (including phenoxy) is 1. The molecule has 1 aromatic rings. The van der Waals surface area contributed by atoms with Gasteiger partial charge in [-0.05, 0) is 61.9 Å². The molecule has 1 aliphatic heterocycles. The molecule has 0 radical (unpaired) electrons. The first-order valence-corrected chi connectivity index (χ1v) is 7.23. The molecule has 1 aliphatic rings. The molecule has 0 aromatic heterocycles. The molecule has 0 aliphatic carbocycles. The van der Waals surface area contributed by atoms with Crippen LogP contribution in [0.3, 0.4) is 0 Å². The number of halogens is 1. The molecule has 2 heteroatoms. The number of benzene rings is 1. The number of alkyl halides is 1. The van der Waals surface area contributed by atoms with Crippen molar-refractivity contribution >= 4 is 15.9 Å². The van der Waals surface area contributed by atoms with Gasteiger partial charge in [0, 0.05) is 17.4 Å². The highest BCUT2D eigenvalue weighted by molar-refractivity contribution is 9.09. The maximum Gasteiger partial charge on any atom is 0.0509 e. The van der Waals surface area contributed by atoms with E-state index in [4.69, 9.17) is 4.74 Å². The first kappa shape index (κ1) is 13.1. The molecule has 0 amide bonds. The topological polar surface area (TPSA) is 9.23 Å². The summed E-state index contributed by atoms with van der Waals surface area (Å²) in [6.45, 7) is 10.7. The summed E-state index contributed by atoms with van der Waals surface area (Å²) in [6.07, 6.45) is 1.17. The standard InChI is InChI=1S/C15H21BrO/c1-9-7-10(2)12(4)14(11(9)3)15(16)13-5-6-17-8-13/h7,13,15H,5-6,8H2,1-4H3. The minimum Gasteiger partial charge on any atom is -0.381 e. The zero-order valence-corrected chi connectivity index (χ0v) is 12.7. The van der Waals surface area contributed by atoms with Crippen LogP contribution in [0.15, 0.2) is 6.07 Å². The SMILES string of the molecule is Cc1cc(C)c(C)c(C(Br)C2CCOC2)c1C. The quantitative estimate of drug-likeness (QED) is 0.736. The van der Waals surface area contributed by atoms with Gasteiger partial charge in [0.05, 0.1) is 6.61 Å². The predicted molar refractivity (Wildman–Crippen MR) is 76.0 cm³/mol. The summed E-state index contributed by atoms with van der Waals surface area (Å²) in [5, 5.41) is 0. The van der Waals surface area contributed by atoms with Gasteiger partial charge in [-0.2, -0.15) is 0 Å². The highest BCUT2D eigenvalue weighted by atomic mass is 79.9. The van der Waals surface area contributed by atoms with E-state index < -0.39 is 0 Å². The number of hydrogen-bond acceptors (Lipinski definition) is 1. The summed E-state index contributed by atoms with van der Waals surface area (Å²) in [6, 6.07) is 2.29. The molecule has 2 atom stereocenters. The molecule has 0 N–H and O–H groups in total. The fourth-order valence-electron chi connectivity index (χ4n) is 2.68. The van der Waals surface area contributed by atoms with Crippen molar-refractivity contribution in [2.45, 2.75) is 38.9 Å².